The minimum absolute atomic E-state index is 0.249. The molecule has 2 aromatic carbocycles. The molecule has 0 amide bonds. The van der Waals surface area contributed by atoms with Crippen LogP contribution >= 0.6 is 23.5 Å². The maximum absolute atomic E-state index is 13.6. The summed E-state index contributed by atoms with van der Waals surface area (Å²) in [5.41, 5.74) is 3.85. The van der Waals surface area contributed by atoms with Crippen LogP contribution in [-0.2, 0) is 6.54 Å². The summed E-state index contributed by atoms with van der Waals surface area (Å²) in [6.45, 7) is 3.01. The van der Waals surface area contributed by atoms with Gasteiger partial charge in [0, 0.05) is 39.9 Å². The van der Waals surface area contributed by atoms with E-state index in [9.17, 15) is 4.39 Å². The van der Waals surface area contributed by atoms with Crippen LogP contribution in [0.4, 0.5) is 4.39 Å². The fourth-order valence-electron chi connectivity index (χ4n) is 3.35. The molecular formula is C24H22FN3S2. The molecule has 6 heteroatoms. The fraction of sp³-hybridized carbons (Fsp3) is 0.167. The number of nitrogens with zero attached hydrogens (tertiary/aromatic N) is 3. The van der Waals surface area contributed by atoms with Gasteiger partial charge in [0.1, 0.15) is 5.82 Å². The lowest BCUT2D eigenvalue weighted by Crippen LogP contribution is -2.02. The summed E-state index contributed by atoms with van der Waals surface area (Å²) in [4.78, 5) is 11.6. The lowest BCUT2D eigenvalue weighted by molar-refractivity contribution is 0.626. The maximum atomic E-state index is 13.6. The molecule has 2 heterocycles. The molecule has 0 radical (unpaired) electrons. The Balaban J connectivity index is 1.91. The van der Waals surface area contributed by atoms with E-state index in [1.54, 1.807) is 48.1 Å². The third-order valence-corrected chi connectivity index (χ3v) is 6.72. The molecule has 0 atom stereocenters. The summed E-state index contributed by atoms with van der Waals surface area (Å²) in [5, 5.41) is 0.935. The summed E-state index contributed by atoms with van der Waals surface area (Å²) in [5.74, 6) is -0.249. The highest BCUT2D eigenvalue weighted by atomic mass is 32.2. The van der Waals surface area contributed by atoms with Gasteiger partial charge in [0.25, 0.3) is 0 Å². The summed E-state index contributed by atoms with van der Waals surface area (Å²) >= 11 is 3.41. The van der Waals surface area contributed by atoms with Crippen molar-refractivity contribution >= 4 is 23.5 Å². The van der Waals surface area contributed by atoms with Crippen LogP contribution in [0.15, 0.2) is 88.0 Å². The van der Waals surface area contributed by atoms with Gasteiger partial charge in [-0.05, 0) is 61.2 Å². The van der Waals surface area contributed by atoms with Crippen molar-refractivity contribution in [3.63, 3.8) is 0 Å². The first-order valence-electron chi connectivity index (χ1n) is 9.79. The molecule has 0 aliphatic carbocycles. The van der Waals surface area contributed by atoms with Crippen molar-refractivity contribution in [1.82, 2.24) is 14.5 Å². The largest absolute Gasteiger partial charge is 0.318 e. The van der Waals surface area contributed by atoms with Crippen molar-refractivity contribution in [2.24, 2.45) is 0 Å². The molecule has 30 heavy (non-hydrogen) atoms. The molecule has 0 aliphatic rings. The summed E-state index contributed by atoms with van der Waals surface area (Å²) < 4.78 is 15.8. The highest BCUT2D eigenvalue weighted by molar-refractivity contribution is 8.02. The number of thioether (sulfide) groups is 1. The molecular weight excluding hydrogens is 413 g/mol. The van der Waals surface area contributed by atoms with Crippen LogP contribution in [0.2, 0.25) is 0 Å². The molecule has 0 spiro atoms. The van der Waals surface area contributed by atoms with E-state index < -0.39 is 0 Å². The number of aromatic nitrogens is 3. The first kappa shape index (κ1) is 20.7. The average molecular weight is 436 g/mol. The van der Waals surface area contributed by atoms with Gasteiger partial charge in [-0.1, -0.05) is 30.8 Å². The maximum Gasteiger partial charge on any atom is 0.174 e. The van der Waals surface area contributed by atoms with E-state index in [-0.39, 0.29) is 5.82 Å². The Morgan fingerprint density at radius 3 is 2.27 bits per heavy atom. The van der Waals surface area contributed by atoms with E-state index >= 15 is 0 Å². The molecule has 152 valence electrons. The van der Waals surface area contributed by atoms with Gasteiger partial charge in [-0.25, -0.2) is 9.37 Å². The van der Waals surface area contributed by atoms with Crippen molar-refractivity contribution in [2.75, 3.05) is 6.26 Å². The fourth-order valence-corrected chi connectivity index (χ4v) is 5.15. The van der Waals surface area contributed by atoms with Gasteiger partial charge in [0.2, 0.25) is 0 Å². The van der Waals surface area contributed by atoms with Crippen molar-refractivity contribution in [2.45, 2.75) is 34.8 Å². The second-order valence-corrected chi connectivity index (χ2v) is 8.60. The molecule has 0 fully saturated rings. The van der Waals surface area contributed by atoms with Crippen LogP contribution in [0.1, 0.15) is 13.3 Å². The van der Waals surface area contributed by atoms with Gasteiger partial charge in [-0.2, -0.15) is 0 Å². The predicted molar refractivity (Wildman–Crippen MR) is 123 cm³/mol. The van der Waals surface area contributed by atoms with Crippen LogP contribution < -0.4 is 0 Å². The lowest BCUT2D eigenvalue weighted by atomic mass is 10.1. The van der Waals surface area contributed by atoms with E-state index in [1.807, 2.05) is 12.1 Å². The van der Waals surface area contributed by atoms with Gasteiger partial charge in [-0.15, -0.1) is 11.8 Å². The SMILES string of the molecule is CCCn1c(Sc2ccccc2SC)nc(-c2ccc(F)cc2)c1-c1ccncc1. The van der Waals surface area contributed by atoms with Crippen LogP contribution in [0.3, 0.4) is 0 Å². The van der Waals surface area contributed by atoms with E-state index in [4.69, 9.17) is 4.98 Å². The lowest BCUT2D eigenvalue weighted by Gasteiger charge is -2.12. The molecule has 0 bridgehead atoms. The molecule has 0 saturated carbocycles. The molecule has 0 aliphatic heterocycles. The Morgan fingerprint density at radius 1 is 0.900 bits per heavy atom. The first-order valence-corrected chi connectivity index (χ1v) is 11.8. The summed E-state index contributed by atoms with van der Waals surface area (Å²) in [6.07, 6.45) is 6.66. The predicted octanol–water partition coefficient (Wildman–Crippen LogP) is 7.03. The summed E-state index contributed by atoms with van der Waals surface area (Å²) in [6, 6.07) is 18.9. The second-order valence-electron chi connectivity index (χ2n) is 6.74. The number of hydrogen-bond acceptors (Lipinski definition) is 4. The van der Waals surface area contributed by atoms with E-state index in [1.165, 1.54) is 21.9 Å². The molecule has 2 aromatic heterocycles. The Morgan fingerprint density at radius 2 is 1.60 bits per heavy atom. The van der Waals surface area contributed by atoms with E-state index in [2.05, 4.69) is 47.0 Å². The molecule has 4 rings (SSSR count). The highest BCUT2D eigenvalue weighted by Crippen LogP contribution is 2.40. The molecule has 0 unspecified atom stereocenters. The number of halogens is 1. The van der Waals surface area contributed by atoms with Gasteiger partial charge < -0.3 is 4.57 Å². The standard InChI is InChI=1S/C24H22FN3S2/c1-3-16-28-23(18-12-14-26-15-13-18)22(17-8-10-19(25)11-9-17)27-24(28)30-21-7-5-4-6-20(21)29-2/h4-15H,3,16H2,1-2H3. The zero-order valence-electron chi connectivity index (χ0n) is 16.9. The average Bonchev–Trinajstić information content (AvgIpc) is 3.13. The Hall–Kier alpha value is -2.57. The van der Waals surface area contributed by atoms with Gasteiger partial charge >= 0.3 is 0 Å². The van der Waals surface area contributed by atoms with Crippen LogP contribution in [0.5, 0.6) is 0 Å². The molecule has 4 aromatic rings. The number of benzene rings is 2. The minimum Gasteiger partial charge on any atom is -0.318 e. The first-order chi connectivity index (χ1) is 14.7. The monoisotopic (exact) mass is 435 g/mol. The van der Waals surface area contributed by atoms with Crippen molar-refractivity contribution in [3.8, 4) is 22.5 Å². The third kappa shape index (κ3) is 4.30. The van der Waals surface area contributed by atoms with Crippen molar-refractivity contribution in [1.29, 1.82) is 0 Å². The van der Waals surface area contributed by atoms with Gasteiger partial charge in [0.05, 0.1) is 11.4 Å². The van der Waals surface area contributed by atoms with Crippen LogP contribution in [-0.4, -0.2) is 20.8 Å². The summed E-state index contributed by atoms with van der Waals surface area (Å²) in [7, 11) is 0. The number of imidazole rings is 1. The van der Waals surface area contributed by atoms with Crippen molar-refractivity contribution < 1.29 is 4.39 Å². The third-order valence-electron chi connectivity index (χ3n) is 4.72. The Kier molecular flexibility index (Phi) is 6.55. The van der Waals surface area contributed by atoms with Crippen LogP contribution in [0.25, 0.3) is 22.5 Å². The molecule has 0 saturated heterocycles. The minimum atomic E-state index is -0.249. The molecule has 3 nitrogen and oxygen atoms in total. The zero-order valence-corrected chi connectivity index (χ0v) is 18.5. The smallest absolute Gasteiger partial charge is 0.174 e. The zero-order chi connectivity index (χ0) is 20.9. The normalized spacial score (nSPS) is 11.0. The number of hydrogen-bond donors (Lipinski definition) is 0. The molecule has 0 N–H and O–H groups in total. The van der Waals surface area contributed by atoms with Gasteiger partial charge in [0.15, 0.2) is 5.16 Å². The topological polar surface area (TPSA) is 30.7 Å². The Labute approximate surface area is 184 Å². The van der Waals surface area contributed by atoms with E-state index in [0.29, 0.717) is 0 Å². The number of pyridine rings is 1. The van der Waals surface area contributed by atoms with Crippen LogP contribution in [0, 0.1) is 5.82 Å². The quantitative estimate of drug-likeness (QED) is 0.291. The highest BCUT2D eigenvalue weighted by Gasteiger charge is 2.21. The van der Waals surface area contributed by atoms with Gasteiger partial charge in [-0.3, -0.25) is 4.98 Å². The second kappa shape index (κ2) is 9.49. The van der Waals surface area contributed by atoms with E-state index in [0.717, 1.165) is 40.6 Å². The number of rotatable bonds is 7. The van der Waals surface area contributed by atoms with Crippen molar-refractivity contribution in [3.05, 3.63) is 78.9 Å². The Bertz CT molecular complexity index is 1130.